The number of benzene rings is 2. The summed E-state index contributed by atoms with van der Waals surface area (Å²) in [6, 6.07) is 12.3. The topological polar surface area (TPSA) is 92.5 Å². The zero-order valence-electron chi connectivity index (χ0n) is 14.7. The maximum atomic E-state index is 12.2. The quantitative estimate of drug-likeness (QED) is 0.842. The maximum absolute atomic E-state index is 12.2. The zero-order chi connectivity index (χ0) is 18.7. The van der Waals surface area contributed by atoms with Crippen LogP contribution in [0.5, 0.6) is 0 Å². The number of anilines is 2. The smallest absolute Gasteiger partial charge is 0.238 e. The molecular formula is C19H23N3O3S. The van der Waals surface area contributed by atoms with Gasteiger partial charge in [0.1, 0.15) is 0 Å². The Hall–Kier alpha value is -2.38. The number of fused-ring (bicyclic) bond motifs is 1. The summed E-state index contributed by atoms with van der Waals surface area (Å²) in [6.45, 7) is 3.69. The third kappa shape index (κ3) is 4.42. The number of aryl methyl sites for hydroxylation is 2. The fourth-order valence-electron chi connectivity index (χ4n) is 3.22. The summed E-state index contributed by atoms with van der Waals surface area (Å²) < 4.78 is 22.5. The van der Waals surface area contributed by atoms with Crippen LogP contribution in [0, 0.1) is 6.92 Å². The molecule has 2 aromatic carbocycles. The Morgan fingerprint density at radius 1 is 1.19 bits per heavy atom. The maximum Gasteiger partial charge on any atom is 0.238 e. The Labute approximate surface area is 154 Å². The summed E-state index contributed by atoms with van der Waals surface area (Å²) in [5, 5.41) is 7.86. The first-order valence-corrected chi connectivity index (χ1v) is 10.1. The predicted molar refractivity (Wildman–Crippen MR) is 103 cm³/mol. The SMILES string of the molecule is Cc1ccc2c(c1)CCCN2CCC(=O)Nc1ccc(S(N)(=O)=O)cc1. The molecule has 3 rings (SSSR count). The fraction of sp³-hybridized carbons (Fsp3) is 0.316. The van der Waals surface area contributed by atoms with Crippen molar-refractivity contribution < 1.29 is 13.2 Å². The van der Waals surface area contributed by atoms with Gasteiger partial charge >= 0.3 is 0 Å². The Morgan fingerprint density at radius 3 is 2.62 bits per heavy atom. The average Bonchev–Trinajstić information content (AvgIpc) is 2.59. The molecule has 0 fully saturated rings. The lowest BCUT2D eigenvalue weighted by atomic mass is 9.99. The summed E-state index contributed by atoms with van der Waals surface area (Å²) >= 11 is 0. The van der Waals surface area contributed by atoms with Gasteiger partial charge in [-0.3, -0.25) is 4.79 Å². The second-order valence-electron chi connectivity index (χ2n) is 6.59. The molecule has 138 valence electrons. The minimum Gasteiger partial charge on any atom is -0.371 e. The Morgan fingerprint density at radius 2 is 1.92 bits per heavy atom. The number of sulfonamides is 1. The fourth-order valence-corrected chi connectivity index (χ4v) is 3.74. The average molecular weight is 373 g/mol. The monoisotopic (exact) mass is 373 g/mol. The highest BCUT2D eigenvalue weighted by Crippen LogP contribution is 2.28. The van der Waals surface area contributed by atoms with E-state index in [4.69, 9.17) is 5.14 Å². The van der Waals surface area contributed by atoms with Gasteiger partial charge in [-0.15, -0.1) is 0 Å². The van der Waals surface area contributed by atoms with Crippen molar-refractivity contribution in [2.75, 3.05) is 23.3 Å². The van der Waals surface area contributed by atoms with Crippen molar-refractivity contribution in [3.8, 4) is 0 Å². The first-order valence-electron chi connectivity index (χ1n) is 8.60. The molecule has 0 spiro atoms. The number of primary sulfonamides is 1. The van der Waals surface area contributed by atoms with Gasteiger partial charge in [0.15, 0.2) is 0 Å². The molecule has 0 atom stereocenters. The van der Waals surface area contributed by atoms with Gasteiger partial charge in [0.05, 0.1) is 4.90 Å². The highest BCUT2D eigenvalue weighted by atomic mass is 32.2. The van der Waals surface area contributed by atoms with Gasteiger partial charge in [-0.2, -0.15) is 0 Å². The molecule has 0 aliphatic carbocycles. The normalized spacial score (nSPS) is 14.0. The molecule has 0 bridgehead atoms. The zero-order valence-corrected chi connectivity index (χ0v) is 15.6. The molecular weight excluding hydrogens is 350 g/mol. The molecule has 0 radical (unpaired) electrons. The van der Waals surface area contributed by atoms with E-state index in [2.05, 4.69) is 35.3 Å². The molecule has 1 heterocycles. The second-order valence-corrected chi connectivity index (χ2v) is 8.15. The highest BCUT2D eigenvalue weighted by Gasteiger charge is 2.17. The van der Waals surface area contributed by atoms with E-state index in [0.29, 0.717) is 18.7 Å². The molecule has 0 aromatic heterocycles. The van der Waals surface area contributed by atoms with Gasteiger partial charge in [0.2, 0.25) is 15.9 Å². The molecule has 7 heteroatoms. The minimum absolute atomic E-state index is 0.0238. The van der Waals surface area contributed by atoms with Crippen LogP contribution >= 0.6 is 0 Å². The number of nitrogens with zero attached hydrogens (tertiary/aromatic N) is 1. The van der Waals surface area contributed by atoms with E-state index < -0.39 is 10.0 Å². The number of carbonyl (C=O) groups is 1. The van der Waals surface area contributed by atoms with Crippen molar-refractivity contribution >= 4 is 27.3 Å². The molecule has 1 aliphatic rings. The van der Waals surface area contributed by atoms with E-state index in [0.717, 1.165) is 19.4 Å². The summed E-state index contributed by atoms with van der Waals surface area (Å²) in [5.41, 5.74) is 4.37. The third-order valence-corrected chi connectivity index (χ3v) is 5.45. The molecule has 0 saturated carbocycles. The Kier molecular flexibility index (Phi) is 5.29. The first-order chi connectivity index (χ1) is 12.3. The second kappa shape index (κ2) is 7.47. The predicted octanol–water partition coefficient (Wildman–Crippen LogP) is 2.42. The van der Waals surface area contributed by atoms with Gasteiger partial charge in [-0.1, -0.05) is 17.7 Å². The van der Waals surface area contributed by atoms with Crippen LogP contribution in [0.2, 0.25) is 0 Å². The van der Waals surface area contributed by atoms with Crippen molar-refractivity contribution in [3.05, 3.63) is 53.6 Å². The van der Waals surface area contributed by atoms with Gasteiger partial charge in [-0.05, 0) is 55.7 Å². The number of rotatable bonds is 5. The molecule has 6 nitrogen and oxygen atoms in total. The number of amides is 1. The molecule has 3 N–H and O–H groups in total. The standard InChI is InChI=1S/C19H23N3O3S/c1-14-4-9-18-15(13-14)3-2-11-22(18)12-10-19(23)21-16-5-7-17(8-6-16)26(20,24)25/h4-9,13H,2-3,10-12H2,1H3,(H,21,23)(H2,20,24,25). The number of hydrogen-bond acceptors (Lipinski definition) is 4. The van der Waals surface area contributed by atoms with Gasteiger partial charge in [0.25, 0.3) is 0 Å². The largest absolute Gasteiger partial charge is 0.371 e. The van der Waals surface area contributed by atoms with Crippen molar-refractivity contribution in [1.29, 1.82) is 0 Å². The van der Waals surface area contributed by atoms with E-state index in [1.54, 1.807) is 0 Å². The van der Waals surface area contributed by atoms with Crippen LogP contribution in [0.3, 0.4) is 0 Å². The summed E-state index contributed by atoms with van der Waals surface area (Å²) in [7, 11) is -3.72. The lowest BCUT2D eigenvalue weighted by Crippen LogP contribution is -2.32. The van der Waals surface area contributed by atoms with Crippen molar-refractivity contribution in [1.82, 2.24) is 0 Å². The lowest BCUT2D eigenvalue weighted by Gasteiger charge is -2.31. The number of nitrogens with one attached hydrogen (secondary N) is 1. The van der Waals surface area contributed by atoms with Crippen molar-refractivity contribution in [2.24, 2.45) is 5.14 Å². The molecule has 0 unspecified atom stereocenters. The van der Waals surface area contributed by atoms with Crippen LogP contribution in [0.15, 0.2) is 47.4 Å². The lowest BCUT2D eigenvalue weighted by molar-refractivity contribution is -0.116. The van der Waals surface area contributed by atoms with Crippen LogP contribution in [0.25, 0.3) is 0 Å². The van der Waals surface area contributed by atoms with E-state index in [1.165, 1.54) is 41.1 Å². The van der Waals surface area contributed by atoms with Gasteiger partial charge in [0, 0.05) is 30.9 Å². The van der Waals surface area contributed by atoms with Crippen LogP contribution in [-0.4, -0.2) is 27.4 Å². The van der Waals surface area contributed by atoms with Crippen LogP contribution in [0.1, 0.15) is 24.0 Å². The van der Waals surface area contributed by atoms with Crippen molar-refractivity contribution in [2.45, 2.75) is 31.1 Å². The Balaban J connectivity index is 1.58. The minimum atomic E-state index is -3.72. The van der Waals surface area contributed by atoms with Crippen LogP contribution in [0.4, 0.5) is 11.4 Å². The van der Waals surface area contributed by atoms with E-state index >= 15 is 0 Å². The molecule has 2 aromatic rings. The van der Waals surface area contributed by atoms with Gasteiger partial charge < -0.3 is 10.2 Å². The van der Waals surface area contributed by atoms with E-state index in [9.17, 15) is 13.2 Å². The molecule has 0 saturated heterocycles. The van der Waals surface area contributed by atoms with Gasteiger partial charge in [-0.25, -0.2) is 13.6 Å². The van der Waals surface area contributed by atoms with E-state index in [-0.39, 0.29) is 10.8 Å². The number of nitrogens with two attached hydrogens (primary N) is 1. The molecule has 1 aliphatic heterocycles. The van der Waals surface area contributed by atoms with Crippen LogP contribution in [-0.2, 0) is 21.2 Å². The number of carbonyl (C=O) groups excluding carboxylic acids is 1. The highest BCUT2D eigenvalue weighted by molar-refractivity contribution is 7.89. The van der Waals surface area contributed by atoms with Crippen LogP contribution < -0.4 is 15.4 Å². The summed E-state index contributed by atoms with van der Waals surface area (Å²) in [5.74, 6) is -0.104. The summed E-state index contributed by atoms with van der Waals surface area (Å²) in [4.78, 5) is 14.5. The summed E-state index contributed by atoms with van der Waals surface area (Å²) in [6.07, 6.45) is 2.54. The third-order valence-electron chi connectivity index (χ3n) is 4.53. The molecule has 1 amide bonds. The van der Waals surface area contributed by atoms with Crippen molar-refractivity contribution in [3.63, 3.8) is 0 Å². The number of hydrogen-bond donors (Lipinski definition) is 2. The van der Waals surface area contributed by atoms with E-state index in [1.807, 2.05) is 0 Å². The molecule has 26 heavy (non-hydrogen) atoms. The Bertz CT molecular complexity index is 908. The first kappa shape index (κ1) is 18.4.